The minimum Gasteiger partial charge on any atom is -0.164 e. The monoisotopic (exact) mass is 168 g/mol. The Morgan fingerprint density at radius 2 is 1.25 bits per heavy atom. The van der Waals surface area contributed by atoms with Gasteiger partial charge in [0.15, 0.2) is 0 Å². The zero-order chi connectivity index (χ0) is 9.07. The zero-order valence-corrected chi connectivity index (χ0v) is 8.29. The highest BCUT2D eigenvalue weighted by Crippen LogP contribution is 1.91. The van der Waals surface area contributed by atoms with Crippen molar-refractivity contribution in [3.05, 3.63) is 0 Å². The molecule has 2 nitrogen and oxygen atoms in total. The summed E-state index contributed by atoms with van der Waals surface area (Å²) in [5.74, 6) is 0. The summed E-state index contributed by atoms with van der Waals surface area (Å²) in [6, 6.07) is 0. The molecule has 0 unspecified atom stereocenters. The smallest absolute Gasteiger partial charge is 0.0270 e. The predicted molar refractivity (Wildman–Crippen MR) is 56.0 cm³/mol. The molecule has 0 aliphatic carbocycles. The van der Waals surface area contributed by atoms with Gasteiger partial charge in [-0.1, -0.05) is 26.7 Å². The molecule has 0 aromatic heterocycles. The molecule has 0 fully saturated rings. The molecule has 0 atom stereocenters. The second-order valence-corrected chi connectivity index (χ2v) is 2.88. The molecule has 0 aromatic rings. The SMILES string of the molecule is CCCC/C=N\N=C/CCCC. The van der Waals surface area contributed by atoms with Gasteiger partial charge in [0, 0.05) is 12.4 Å². The highest BCUT2D eigenvalue weighted by atomic mass is 15.2. The molecule has 0 aromatic carbocycles. The van der Waals surface area contributed by atoms with E-state index < -0.39 is 0 Å². The average Bonchev–Trinajstić information content (AvgIpc) is 2.10. The molecule has 2 heteroatoms. The van der Waals surface area contributed by atoms with E-state index >= 15 is 0 Å². The first kappa shape index (κ1) is 11.3. The Morgan fingerprint density at radius 1 is 0.833 bits per heavy atom. The van der Waals surface area contributed by atoms with Gasteiger partial charge in [0.25, 0.3) is 0 Å². The Balaban J connectivity index is 3.15. The predicted octanol–water partition coefficient (Wildman–Crippen LogP) is 3.42. The van der Waals surface area contributed by atoms with Crippen LogP contribution >= 0.6 is 0 Å². The summed E-state index contributed by atoms with van der Waals surface area (Å²) in [5.41, 5.74) is 0. The van der Waals surface area contributed by atoms with Crippen LogP contribution in [0.4, 0.5) is 0 Å². The van der Waals surface area contributed by atoms with Crippen LogP contribution in [0.25, 0.3) is 0 Å². The molecule has 0 spiro atoms. The van der Waals surface area contributed by atoms with Crippen molar-refractivity contribution < 1.29 is 0 Å². The van der Waals surface area contributed by atoms with Crippen molar-refractivity contribution >= 4 is 12.4 Å². The lowest BCUT2D eigenvalue weighted by atomic mass is 10.3. The van der Waals surface area contributed by atoms with Crippen molar-refractivity contribution in [1.29, 1.82) is 0 Å². The third kappa shape index (κ3) is 9.34. The molecular formula is C10H20N2. The largest absolute Gasteiger partial charge is 0.164 e. The van der Waals surface area contributed by atoms with Crippen molar-refractivity contribution in [3.63, 3.8) is 0 Å². The lowest BCUT2D eigenvalue weighted by Gasteiger charge is -1.86. The summed E-state index contributed by atoms with van der Waals surface area (Å²) in [6.07, 6.45) is 10.8. The molecule has 0 bridgehead atoms. The Hall–Kier alpha value is -0.660. The van der Waals surface area contributed by atoms with E-state index in [1.54, 1.807) is 0 Å². The zero-order valence-electron chi connectivity index (χ0n) is 8.29. The fraction of sp³-hybridized carbons (Fsp3) is 0.800. The highest BCUT2D eigenvalue weighted by molar-refractivity contribution is 5.61. The van der Waals surface area contributed by atoms with Gasteiger partial charge in [-0.3, -0.25) is 0 Å². The van der Waals surface area contributed by atoms with E-state index in [0.29, 0.717) is 0 Å². The van der Waals surface area contributed by atoms with Crippen LogP contribution < -0.4 is 0 Å². The highest BCUT2D eigenvalue weighted by Gasteiger charge is 1.78. The van der Waals surface area contributed by atoms with E-state index in [-0.39, 0.29) is 0 Å². The Bertz CT molecular complexity index is 112. The van der Waals surface area contributed by atoms with Gasteiger partial charge in [0.1, 0.15) is 0 Å². The fourth-order valence-electron chi connectivity index (χ4n) is 0.801. The molecule has 0 aliphatic heterocycles. The Kier molecular flexibility index (Phi) is 9.77. The lowest BCUT2D eigenvalue weighted by molar-refractivity contribution is 0.836. The Morgan fingerprint density at radius 3 is 1.58 bits per heavy atom. The lowest BCUT2D eigenvalue weighted by Crippen LogP contribution is -1.76. The number of unbranched alkanes of at least 4 members (excludes halogenated alkanes) is 4. The van der Waals surface area contributed by atoms with Crippen LogP contribution in [-0.4, -0.2) is 12.4 Å². The summed E-state index contributed by atoms with van der Waals surface area (Å²) in [4.78, 5) is 0. The minimum atomic E-state index is 1.06. The topological polar surface area (TPSA) is 24.7 Å². The molecule has 0 N–H and O–H groups in total. The van der Waals surface area contributed by atoms with Crippen LogP contribution in [0.15, 0.2) is 10.2 Å². The summed E-state index contributed by atoms with van der Waals surface area (Å²) in [7, 11) is 0. The second-order valence-electron chi connectivity index (χ2n) is 2.88. The standard InChI is InChI=1S/C10H20N2/c1-3-5-7-9-11-12-10-8-6-4-2/h9-10H,3-8H2,1-2H3/b11-9-,12-10-. The molecule has 0 rings (SSSR count). The fourth-order valence-corrected chi connectivity index (χ4v) is 0.801. The molecular weight excluding hydrogens is 148 g/mol. The molecule has 0 saturated carbocycles. The number of hydrogen-bond donors (Lipinski definition) is 0. The van der Waals surface area contributed by atoms with E-state index in [1.165, 1.54) is 25.7 Å². The maximum Gasteiger partial charge on any atom is 0.0270 e. The van der Waals surface area contributed by atoms with Crippen molar-refractivity contribution in [2.24, 2.45) is 10.2 Å². The molecule has 0 aliphatic rings. The van der Waals surface area contributed by atoms with E-state index in [1.807, 2.05) is 12.4 Å². The summed E-state index contributed by atoms with van der Waals surface area (Å²) in [6.45, 7) is 4.36. The van der Waals surface area contributed by atoms with Gasteiger partial charge in [-0.2, -0.15) is 10.2 Å². The van der Waals surface area contributed by atoms with Gasteiger partial charge < -0.3 is 0 Å². The molecule has 12 heavy (non-hydrogen) atoms. The number of rotatable bonds is 7. The number of hydrogen-bond acceptors (Lipinski definition) is 2. The first-order chi connectivity index (χ1) is 5.91. The van der Waals surface area contributed by atoms with Gasteiger partial charge in [0.2, 0.25) is 0 Å². The second kappa shape index (κ2) is 10.3. The van der Waals surface area contributed by atoms with Crippen LogP contribution in [0, 0.1) is 0 Å². The maximum absolute atomic E-state index is 3.93. The van der Waals surface area contributed by atoms with Gasteiger partial charge in [-0.05, 0) is 25.7 Å². The summed E-state index contributed by atoms with van der Waals surface area (Å²) in [5, 5.41) is 7.85. The van der Waals surface area contributed by atoms with Crippen LogP contribution in [-0.2, 0) is 0 Å². The van der Waals surface area contributed by atoms with Gasteiger partial charge in [-0.15, -0.1) is 0 Å². The van der Waals surface area contributed by atoms with E-state index in [9.17, 15) is 0 Å². The van der Waals surface area contributed by atoms with Crippen molar-refractivity contribution in [2.75, 3.05) is 0 Å². The van der Waals surface area contributed by atoms with Gasteiger partial charge in [-0.25, -0.2) is 0 Å². The van der Waals surface area contributed by atoms with Crippen LogP contribution in [0.2, 0.25) is 0 Å². The number of nitrogens with zero attached hydrogens (tertiary/aromatic N) is 2. The minimum absolute atomic E-state index is 1.06. The summed E-state index contributed by atoms with van der Waals surface area (Å²) < 4.78 is 0. The van der Waals surface area contributed by atoms with Crippen LogP contribution in [0.1, 0.15) is 52.4 Å². The van der Waals surface area contributed by atoms with Crippen molar-refractivity contribution in [3.8, 4) is 0 Å². The molecule has 70 valence electrons. The molecule has 0 saturated heterocycles. The maximum atomic E-state index is 3.93. The van der Waals surface area contributed by atoms with Crippen LogP contribution in [0.5, 0.6) is 0 Å². The molecule has 0 heterocycles. The third-order valence-electron chi connectivity index (χ3n) is 1.60. The Labute approximate surface area is 75.8 Å². The summed E-state index contributed by atoms with van der Waals surface area (Å²) >= 11 is 0. The van der Waals surface area contributed by atoms with Crippen molar-refractivity contribution in [2.45, 2.75) is 52.4 Å². The van der Waals surface area contributed by atoms with E-state index in [4.69, 9.17) is 0 Å². The first-order valence-corrected chi connectivity index (χ1v) is 4.95. The quantitative estimate of drug-likeness (QED) is 0.316. The third-order valence-corrected chi connectivity index (χ3v) is 1.60. The van der Waals surface area contributed by atoms with Crippen molar-refractivity contribution in [1.82, 2.24) is 0 Å². The van der Waals surface area contributed by atoms with Gasteiger partial charge in [0.05, 0.1) is 0 Å². The van der Waals surface area contributed by atoms with E-state index in [0.717, 1.165) is 12.8 Å². The molecule has 0 radical (unpaired) electrons. The van der Waals surface area contributed by atoms with E-state index in [2.05, 4.69) is 24.1 Å². The average molecular weight is 168 g/mol. The molecule has 0 amide bonds. The first-order valence-electron chi connectivity index (χ1n) is 4.95. The van der Waals surface area contributed by atoms with Crippen LogP contribution in [0.3, 0.4) is 0 Å². The van der Waals surface area contributed by atoms with Gasteiger partial charge >= 0.3 is 0 Å². The normalized spacial score (nSPS) is 11.8.